The first-order valence-corrected chi connectivity index (χ1v) is 10.8. The maximum absolute atomic E-state index is 12.7. The average Bonchev–Trinajstić information content (AvgIpc) is 3.58. The molecule has 4 rings (SSSR count). The third-order valence-corrected chi connectivity index (χ3v) is 6.25. The molecule has 2 fully saturated rings. The van der Waals surface area contributed by atoms with Gasteiger partial charge in [0.15, 0.2) is 0 Å². The molecule has 32 heavy (non-hydrogen) atoms. The van der Waals surface area contributed by atoms with Crippen molar-refractivity contribution in [2.24, 2.45) is 5.92 Å². The van der Waals surface area contributed by atoms with Crippen molar-refractivity contribution < 1.29 is 22.8 Å². The van der Waals surface area contributed by atoms with Crippen molar-refractivity contribution in [1.82, 2.24) is 10.2 Å². The van der Waals surface area contributed by atoms with Gasteiger partial charge in [-0.3, -0.25) is 9.59 Å². The fraction of sp³-hybridized carbons (Fsp3) is 0.391. The zero-order chi connectivity index (χ0) is 22.9. The molecule has 2 atom stereocenters. The molecule has 9 heteroatoms. The van der Waals surface area contributed by atoms with Gasteiger partial charge >= 0.3 is 6.18 Å². The Kier molecular flexibility index (Phi) is 6.33. The van der Waals surface area contributed by atoms with Crippen LogP contribution in [0.5, 0.6) is 0 Å². The van der Waals surface area contributed by atoms with E-state index >= 15 is 0 Å². The molecule has 1 aliphatic carbocycles. The maximum atomic E-state index is 12.7. The first-order chi connectivity index (χ1) is 15.2. The lowest BCUT2D eigenvalue weighted by atomic mass is 10.1. The number of benzene rings is 2. The highest BCUT2D eigenvalue weighted by molar-refractivity contribution is 6.30. The molecule has 0 aromatic heterocycles. The van der Waals surface area contributed by atoms with E-state index in [0.717, 1.165) is 17.8 Å². The van der Waals surface area contributed by atoms with Gasteiger partial charge in [-0.15, -0.1) is 0 Å². The summed E-state index contributed by atoms with van der Waals surface area (Å²) in [5.41, 5.74) is 1.02. The van der Waals surface area contributed by atoms with E-state index < -0.39 is 11.7 Å². The van der Waals surface area contributed by atoms with E-state index in [0.29, 0.717) is 43.2 Å². The quantitative estimate of drug-likeness (QED) is 0.728. The number of amides is 2. The van der Waals surface area contributed by atoms with E-state index in [1.165, 1.54) is 12.1 Å². The highest BCUT2D eigenvalue weighted by Gasteiger charge is 2.44. The second kappa shape index (κ2) is 9.02. The smallest absolute Gasteiger partial charge is 0.368 e. The number of alkyl halides is 3. The minimum absolute atomic E-state index is 0.0772. The van der Waals surface area contributed by atoms with Crippen molar-refractivity contribution in [2.45, 2.75) is 18.5 Å². The standard InChI is InChI=1S/C23H23ClF3N3O2/c24-17-2-1-3-18(12-17)29-8-10-30(11-9-29)21(31)14-28-22(32)20-13-19(20)15-4-6-16(7-5-15)23(25,26)27/h1-7,12,19-20H,8-11,13-14H2,(H,28,32). The Bertz CT molecular complexity index is 989. The topological polar surface area (TPSA) is 52.7 Å². The van der Waals surface area contributed by atoms with E-state index in [1.807, 2.05) is 24.3 Å². The Labute approximate surface area is 189 Å². The van der Waals surface area contributed by atoms with Crippen LogP contribution in [0.1, 0.15) is 23.5 Å². The Morgan fingerprint density at radius 3 is 2.34 bits per heavy atom. The Balaban J connectivity index is 1.22. The molecular weight excluding hydrogens is 443 g/mol. The molecule has 0 bridgehead atoms. The molecule has 2 aromatic carbocycles. The minimum Gasteiger partial charge on any atom is -0.368 e. The Morgan fingerprint density at radius 1 is 1.03 bits per heavy atom. The number of hydrogen-bond donors (Lipinski definition) is 1. The van der Waals surface area contributed by atoms with Crippen LogP contribution in [0.25, 0.3) is 0 Å². The van der Waals surface area contributed by atoms with Crippen molar-refractivity contribution >= 4 is 29.1 Å². The van der Waals surface area contributed by atoms with E-state index in [-0.39, 0.29) is 30.2 Å². The van der Waals surface area contributed by atoms with Crippen LogP contribution < -0.4 is 10.2 Å². The number of carbonyl (C=O) groups excluding carboxylic acids is 2. The van der Waals surface area contributed by atoms with Crippen molar-refractivity contribution in [2.75, 3.05) is 37.6 Å². The zero-order valence-corrected chi connectivity index (χ0v) is 18.0. The van der Waals surface area contributed by atoms with Gasteiger partial charge in [0, 0.05) is 42.8 Å². The summed E-state index contributed by atoms with van der Waals surface area (Å²) >= 11 is 6.04. The van der Waals surface area contributed by atoms with Gasteiger partial charge in [-0.05, 0) is 48.2 Å². The molecule has 2 aromatic rings. The molecule has 2 aliphatic rings. The third kappa shape index (κ3) is 5.18. The molecule has 0 radical (unpaired) electrons. The van der Waals surface area contributed by atoms with Crippen molar-refractivity contribution in [3.63, 3.8) is 0 Å². The molecule has 1 N–H and O–H groups in total. The molecule has 0 spiro atoms. The lowest BCUT2D eigenvalue weighted by Gasteiger charge is -2.36. The summed E-state index contributed by atoms with van der Waals surface area (Å²) in [6, 6.07) is 12.5. The van der Waals surface area contributed by atoms with Gasteiger partial charge in [0.2, 0.25) is 11.8 Å². The van der Waals surface area contributed by atoms with Crippen LogP contribution in [0.3, 0.4) is 0 Å². The average molecular weight is 466 g/mol. The number of hydrogen-bond acceptors (Lipinski definition) is 3. The van der Waals surface area contributed by atoms with Gasteiger partial charge in [0.1, 0.15) is 0 Å². The summed E-state index contributed by atoms with van der Waals surface area (Å²) in [7, 11) is 0. The highest BCUT2D eigenvalue weighted by Crippen LogP contribution is 2.48. The number of nitrogens with zero attached hydrogens (tertiary/aromatic N) is 2. The first-order valence-electron chi connectivity index (χ1n) is 10.5. The van der Waals surface area contributed by atoms with Gasteiger partial charge in [-0.25, -0.2) is 0 Å². The molecule has 1 saturated heterocycles. The predicted molar refractivity (Wildman–Crippen MR) is 116 cm³/mol. The molecule has 2 unspecified atom stereocenters. The van der Waals surface area contributed by atoms with Gasteiger partial charge in [-0.1, -0.05) is 29.8 Å². The van der Waals surface area contributed by atoms with Crippen LogP contribution in [-0.2, 0) is 15.8 Å². The second-order valence-corrected chi connectivity index (χ2v) is 8.57. The molecule has 1 heterocycles. The fourth-order valence-electron chi connectivity index (χ4n) is 4.06. The van der Waals surface area contributed by atoms with Gasteiger partial charge in [-0.2, -0.15) is 13.2 Å². The molecule has 1 aliphatic heterocycles. The number of anilines is 1. The van der Waals surface area contributed by atoms with Gasteiger partial charge in [0.25, 0.3) is 0 Å². The van der Waals surface area contributed by atoms with Gasteiger partial charge in [0.05, 0.1) is 12.1 Å². The van der Waals surface area contributed by atoms with E-state index in [1.54, 1.807) is 4.90 Å². The summed E-state index contributed by atoms with van der Waals surface area (Å²) in [4.78, 5) is 28.8. The van der Waals surface area contributed by atoms with E-state index in [2.05, 4.69) is 10.2 Å². The number of piperazine rings is 1. The summed E-state index contributed by atoms with van der Waals surface area (Å²) in [6.45, 7) is 2.39. The van der Waals surface area contributed by atoms with E-state index in [9.17, 15) is 22.8 Å². The number of nitrogens with one attached hydrogen (secondary N) is 1. The van der Waals surface area contributed by atoms with Crippen LogP contribution in [0.2, 0.25) is 5.02 Å². The molecular formula is C23H23ClF3N3O2. The molecule has 5 nitrogen and oxygen atoms in total. The number of carbonyl (C=O) groups is 2. The summed E-state index contributed by atoms with van der Waals surface area (Å²) in [5.74, 6) is -0.788. The molecule has 170 valence electrons. The Morgan fingerprint density at radius 2 is 1.72 bits per heavy atom. The van der Waals surface area contributed by atoms with Crippen molar-refractivity contribution in [3.8, 4) is 0 Å². The maximum Gasteiger partial charge on any atom is 0.416 e. The van der Waals surface area contributed by atoms with Gasteiger partial charge < -0.3 is 15.1 Å². The molecule has 1 saturated carbocycles. The summed E-state index contributed by atoms with van der Waals surface area (Å²) < 4.78 is 38.1. The minimum atomic E-state index is -4.38. The zero-order valence-electron chi connectivity index (χ0n) is 17.2. The highest BCUT2D eigenvalue weighted by atomic mass is 35.5. The monoisotopic (exact) mass is 465 g/mol. The SMILES string of the molecule is O=C(NCC(=O)N1CCN(c2cccc(Cl)c2)CC1)C1CC1c1ccc(C(F)(F)F)cc1. The summed E-state index contributed by atoms with van der Waals surface area (Å²) in [6.07, 6.45) is -3.80. The second-order valence-electron chi connectivity index (χ2n) is 8.13. The van der Waals surface area contributed by atoms with Crippen LogP contribution in [0, 0.1) is 5.92 Å². The largest absolute Gasteiger partial charge is 0.416 e. The third-order valence-electron chi connectivity index (χ3n) is 6.01. The number of rotatable bonds is 5. The van der Waals surface area contributed by atoms with Crippen LogP contribution >= 0.6 is 11.6 Å². The lowest BCUT2D eigenvalue weighted by Crippen LogP contribution is -2.51. The molecule has 2 amide bonds. The lowest BCUT2D eigenvalue weighted by molar-refractivity contribution is -0.137. The fourth-order valence-corrected chi connectivity index (χ4v) is 4.25. The first kappa shape index (κ1) is 22.5. The van der Waals surface area contributed by atoms with Crippen LogP contribution in [0.4, 0.5) is 18.9 Å². The summed E-state index contributed by atoms with van der Waals surface area (Å²) in [5, 5.41) is 3.35. The normalized spacial score (nSPS) is 20.8. The van der Waals surface area contributed by atoms with Crippen molar-refractivity contribution in [3.05, 3.63) is 64.7 Å². The number of halogens is 4. The van der Waals surface area contributed by atoms with Crippen molar-refractivity contribution in [1.29, 1.82) is 0 Å². The van der Waals surface area contributed by atoms with Crippen LogP contribution in [-0.4, -0.2) is 49.4 Å². The van der Waals surface area contributed by atoms with Crippen LogP contribution in [0.15, 0.2) is 48.5 Å². The Hall–Kier alpha value is -2.74. The predicted octanol–water partition coefficient (Wildman–Crippen LogP) is 3.93. The van der Waals surface area contributed by atoms with E-state index in [4.69, 9.17) is 11.6 Å².